The van der Waals surface area contributed by atoms with Crippen molar-refractivity contribution in [1.82, 2.24) is 9.88 Å². The Hall–Kier alpha value is -3.74. The van der Waals surface area contributed by atoms with Crippen molar-refractivity contribution in [2.45, 2.75) is 45.3 Å². The molecule has 0 spiro atoms. The molecule has 0 radical (unpaired) electrons. The summed E-state index contributed by atoms with van der Waals surface area (Å²) >= 11 is 0. The summed E-state index contributed by atoms with van der Waals surface area (Å²) in [6.45, 7) is 6.20. The SMILES string of the molecule is COc1cc2c(c(OC)c1)C(Cc1ccc(-c3cnccc3OC)cc1)N(C(=O)OC(C)(C)C)CC2. The molecule has 1 amide bonds. The van der Waals surface area contributed by atoms with Gasteiger partial charge in [0.25, 0.3) is 0 Å². The Labute approximate surface area is 213 Å². The van der Waals surface area contributed by atoms with Crippen molar-refractivity contribution in [1.29, 1.82) is 0 Å². The maximum Gasteiger partial charge on any atom is 0.410 e. The molecule has 1 aliphatic heterocycles. The molecule has 1 unspecified atom stereocenters. The lowest BCUT2D eigenvalue weighted by molar-refractivity contribution is 0.0139. The standard InChI is InChI=1S/C29H34N2O5/c1-29(2,3)36-28(32)31-14-12-21-16-22(33-4)17-26(35-6)27(21)24(31)15-19-7-9-20(10-8-19)23-18-30-13-11-25(23)34-5/h7-11,13,16-18,24H,12,14-15H2,1-6H3. The monoisotopic (exact) mass is 490 g/mol. The quantitative estimate of drug-likeness (QED) is 0.432. The number of aromatic nitrogens is 1. The van der Waals surface area contributed by atoms with Crippen molar-refractivity contribution >= 4 is 6.09 Å². The number of ether oxygens (including phenoxy) is 4. The largest absolute Gasteiger partial charge is 0.497 e. The average Bonchev–Trinajstić information content (AvgIpc) is 2.87. The molecule has 3 aromatic rings. The Bertz CT molecular complexity index is 1200. The minimum atomic E-state index is -0.587. The fraction of sp³-hybridized carbons (Fsp3) is 0.379. The second-order valence-corrected chi connectivity index (χ2v) is 9.82. The number of rotatable bonds is 6. The lowest BCUT2D eigenvalue weighted by Crippen LogP contribution is -2.44. The number of amides is 1. The van der Waals surface area contributed by atoms with Crippen LogP contribution in [0.4, 0.5) is 4.79 Å². The van der Waals surface area contributed by atoms with E-state index in [1.54, 1.807) is 33.7 Å². The van der Waals surface area contributed by atoms with Gasteiger partial charge in [0.1, 0.15) is 22.8 Å². The van der Waals surface area contributed by atoms with Crippen LogP contribution >= 0.6 is 0 Å². The molecule has 1 aliphatic rings. The highest BCUT2D eigenvalue weighted by molar-refractivity contribution is 5.71. The van der Waals surface area contributed by atoms with E-state index in [0.717, 1.165) is 39.3 Å². The number of hydrogen-bond acceptors (Lipinski definition) is 6. The van der Waals surface area contributed by atoms with Crippen LogP contribution in [0.25, 0.3) is 11.1 Å². The maximum atomic E-state index is 13.3. The van der Waals surface area contributed by atoms with Gasteiger partial charge in [0.05, 0.1) is 27.4 Å². The molecule has 0 aliphatic carbocycles. The zero-order valence-electron chi connectivity index (χ0n) is 21.8. The van der Waals surface area contributed by atoms with E-state index in [4.69, 9.17) is 18.9 Å². The highest BCUT2D eigenvalue weighted by Gasteiger charge is 2.36. The Balaban J connectivity index is 1.71. The molecule has 7 heteroatoms. The molecule has 1 aromatic heterocycles. The summed E-state index contributed by atoms with van der Waals surface area (Å²) in [6, 6.07) is 13.8. The Morgan fingerprint density at radius 1 is 1.00 bits per heavy atom. The maximum absolute atomic E-state index is 13.3. The van der Waals surface area contributed by atoms with E-state index in [1.165, 1.54) is 0 Å². The van der Waals surface area contributed by atoms with Gasteiger partial charge < -0.3 is 23.8 Å². The third-order valence-corrected chi connectivity index (χ3v) is 6.31. The molecular formula is C29H34N2O5. The molecule has 0 saturated carbocycles. The number of carbonyl (C=O) groups is 1. The zero-order chi connectivity index (χ0) is 25.9. The number of nitrogens with zero attached hydrogens (tertiary/aromatic N) is 2. The number of carbonyl (C=O) groups excluding carboxylic acids is 1. The van der Waals surface area contributed by atoms with Crippen LogP contribution < -0.4 is 14.2 Å². The van der Waals surface area contributed by atoms with E-state index in [-0.39, 0.29) is 12.1 Å². The first kappa shape index (κ1) is 25.4. The second-order valence-electron chi connectivity index (χ2n) is 9.82. The normalized spacial score (nSPS) is 15.2. The molecule has 2 aromatic carbocycles. The van der Waals surface area contributed by atoms with E-state index in [2.05, 4.69) is 29.2 Å². The third-order valence-electron chi connectivity index (χ3n) is 6.31. The molecule has 190 valence electrons. The van der Waals surface area contributed by atoms with E-state index in [1.807, 2.05) is 43.9 Å². The van der Waals surface area contributed by atoms with Crippen LogP contribution in [0.1, 0.15) is 43.5 Å². The first-order valence-corrected chi connectivity index (χ1v) is 12.1. The first-order chi connectivity index (χ1) is 17.2. The predicted molar refractivity (Wildman–Crippen MR) is 139 cm³/mol. The molecule has 1 atom stereocenters. The fourth-order valence-electron chi connectivity index (χ4n) is 4.65. The van der Waals surface area contributed by atoms with Gasteiger partial charge in [-0.2, -0.15) is 0 Å². The number of benzene rings is 2. The first-order valence-electron chi connectivity index (χ1n) is 12.1. The Kier molecular flexibility index (Phi) is 7.38. The van der Waals surface area contributed by atoms with Crippen LogP contribution in [0.5, 0.6) is 17.2 Å². The average molecular weight is 491 g/mol. The summed E-state index contributed by atoms with van der Waals surface area (Å²) in [6.07, 6.45) is 4.49. The molecule has 0 N–H and O–H groups in total. The summed E-state index contributed by atoms with van der Waals surface area (Å²) in [5.74, 6) is 2.22. The van der Waals surface area contributed by atoms with Crippen molar-refractivity contribution in [2.24, 2.45) is 0 Å². The number of hydrogen-bond donors (Lipinski definition) is 0. The van der Waals surface area contributed by atoms with Crippen LogP contribution in [0.3, 0.4) is 0 Å². The smallest absolute Gasteiger partial charge is 0.410 e. The topological polar surface area (TPSA) is 70.1 Å². The van der Waals surface area contributed by atoms with Gasteiger partial charge in [0.2, 0.25) is 0 Å². The molecule has 7 nitrogen and oxygen atoms in total. The van der Waals surface area contributed by atoms with Crippen molar-refractivity contribution < 1.29 is 23.7 Å². The fourth-order valence-corrected chi connectivity index (χ4v) is 4.65. The number of methoxy groups -OCH3 is 3. The Morgan fingerprint density at radius 2 is 1.72 bits per heavy atom. The summed E-state index contributed by atoms with van der Waals surface area (Å²) in [4.78, 5) is 19.3. The Morgan fingerprint density at radius 3 is 2.36 bits per heavy atom. The van der Waals surface area contributed by atoms with Crippen LogP contribution in [0.15, 0.2) is 54.9 Å². The highest BCUT2D eigenvalue weighted by atomic mass is 16.6. The predicted octanol–water partition coefficient (Wildman–Crippen LogP) is 5.85. The third kappa shape index (κ3) is 5.40. The molecular weight excluding hydrogens is 456 g/mol. The summed E-state index contributed by atoms with van der Waals surface area (Å²) in [7, 11) is 4.95. The van der Waals surface area contributed by atoms with Crippen LogP contribution in [-0.2, 0) is 17.6 Å². The van der Waals surface area contributed by atoms with Gasteiger partial charge >= 0.3 is 6.09 Å². The molecule has 36 heavy (non-hydrogen) atoms. The molecule has 0 bridgehead atoms. The summed E-state index contributed by atoms with van der Waals surface area (Å²) in [5, 5.41) is 0. The van der Waals surface area contributed by atoms with Crippen molar-refractivity contribution in [3.63, 3.8) is 0 Å². The van der Waals surface area contributed by atoms with Gasteiger partial charge in [-0.05, 0) is 62.4 Å². The zero-order valence-corrected chi connectivity index (χ0v) is 21.8. The minimum absolute atomic E-state index is 0.247. The van der Waals surface area contributed by atoms with Gasteiger partial charge in [0.15, 0.2) is 0 Å². The van der Waals surface area contributed by atoms with Crippen LogP contribution in [-0.4, -0.2) is 49.5 Å². The minimum Gasteiger partial charge on any atom is -0.497 e. The van der Waals surface area contributed by atoms with Gasteiger partial charge in [-0.25, -0.2) is 4.79 Å². The van der Waals surface area contributed by atoms with Crippen LogP contribution in [0, 0.1) is 0 Å². The molecule has 0 saturated heterocycles. The number of pyridine rings is 1. The van der Waals surface area contributed by atoms with Crippen molar-refractivity contribution in [3.05, 3.63) is 71.5 Å². The van der Waals surface area contributed by atoms with E-state index >= 15 is 0 Å². The highest BCUT2D eigenvalue weighted by Crippen LogP contribution is 2.42. The van der Waals surface area contributed by atoms with E-state index in [9.17, 15) is 4.79 Å². The van der Waals surface area contributed by atoms with E-state index < -0.39 is 5.60 Å². The van der Waals surface area contributed by atoms with Gasteiger partial charge in [-0.15, -0.1) is 0 Å². The van der Waals surface area contributed by atoms with Crippen molar-refractivity contribution in [3.8, 4) is 28.4 Å². The molecule has 0 fully saturated rings. The van der Waals surface area contributed by atoms with Gasteiger partial charge in [0, 0.05) is 36.1 Å². The van der Waals surface area contributed by atoms with Crippen molar-refractivity contribution in [2.75, 3.05) is 27.9 Å². The molecule has 2 heterocycles. The lowest BCUT2D eigenvalue weighted by Gasteiger charge is -2.39. The van der Waals surface area contributed by atoms with Crippen LogP contribution in [0.2, 0.25) is 0 Å². The summed E-state index contributed by atoms with van der Waals surface area (Å²) in [5.41, 5.74) is 4.56. The van der Waals surface area contributed by atoms with Gasteiger partial charge in [-0.3, -0.25) is 4.98 Å². The molecule has 4 rings (SSSR count). The lowest BCUT2D eigenvalue weighted by atomic mass is 9.87. The summed E-state index contributed by atoms with van der Waals surface area (Å²) < 4.78 is 22.5. The number of fused-ring (bicyclic) bond motifs is 1. The van der Waals surface area contributed by atoms with E-state index in [0.29, 0.717) is 25.1 Å². The van der Waals surface area contributed by atoms with Gasteiger partial charge in [-0.1, -0.05) is 24.3 Å². The second kappa shape index (κ2) is 10.5.